The van der Waals surface area contributed by atoms with E-state index in [1.54, 1.807) is 0 Å². The van der Waals surface area contributed by atoms with Crippen LogP contribution in [0.5, 0.6) is 0 Å². The summed E-state index contributed by atoms with van der Waals surface area (Å²) in [6.07, 6.45) is 2.68. The second-order valence-electron chi connectivity index (χ2n) is 6.15. The number of Topliss-reactive ketones (excluding diaryl/α,β-unsaturated/α-hetero) is 1. The van der Waals surface area contributed by atoms with E-state index in [9.17, 15) is 4.79 Å². The van der Waals surface area contributed by atoms with Crippen molar-refractivity contribution in [1.29, 1.82) is 0 Å². The standard InChI is InChI=1S/C17H23NO/c1-4-18-9-7-17(8-10-18)15-6-5-12(2)13(3)14(15)11-16(17)19/h5-6H,4,7-11H2,1-3H3. The molecule has 19 heavy (non-hydrogen) atoms. The smallest absolute Gasteiger partial charge is 0.147 e. The summed E-state index contributed by atoms with van der Waals surface area (Å²) in [5.74, 6) is 0.465. The number of fused-ring (bicyclic) bond motifs is 2. The first-order valence-electron chi connectivity index (χ1n) is 7.43. The zero-order valence-corrected chi connectivity index (χ0v) is 12.3. The number of aryl methyl sites for hydroxylation is 1. The molecule has 0 N–H and O–H groups in total. The van der Waals surface area contributed by atoms with Gasteiger partial charge in [-0.25, -0.2) is 0 Å². The molecule has 0 atom stereocenters. The van der Waals surface area contributed by atoms with Crippen molar-refractivity contribution in [2.24, 2.45) is 0 Å². The van der Waals surface area contributed by atoms with Gasteiger partial charge in [0.05, 0.1) is 5.41 Å². The minimum Gasteiger partial charge on any atom is -0.304 e. The predicted octanol–water partition coefficient (Wildman–Crippen LogP) is 2.78. The van der Waals surface area contributed by atoms with E-state index in [1.807, 2.05) is 0 Å². The summed E-state index contributed by atoms with van der Waals surface area (Å²) in [7, 11) is 0. The zero-order valence-electron chi connectivity index (χ0n) is 12.3. The van der Waals surface area contributed by atoms with Crippen LogP contribution in [0.3, 0.4) is 0 Å². The molecule has 0 unspecified atom stereocenters. The van der Waals surface area contributed by atoms with Gasteiger partial charge in [-0.15, -0.1) is 0 Å². The topological polar surface area (TPSA) is 20.3 Å². The van der Waals surface area contributed by atoms with Crippen LogP contribution >= 0.6 is 0 Å². The number of hydrogen-bond acceptors (Lipinski definition) is 2. The molecule has 1 spiro atoms. The quantitative estimate of drug-likeness (QED) is 0.771. The Morgan fingerprint density at radius 3 is 2.53 bits per heavy atom. The maximum absolute atomic E-state index is 12.6. The number of rotatable bonds is 1. The lowest BCUT2D eigenvalue weighted by atomic mass is 9.73. The summed E-state index contributed by atoms with van der Waals surface area (Å²) < 4.78 is 0. The van der Waals surface area contributed by atoms with Crippen LogP contribution in [-0.2, 0) is 16.6 Å². The summed E-state index contributed by atoms with van der Waals surface area (Å²) in [6.45, 7) is 9.75. The van der Waals surface area contributed by atoms with Crippen molar-refractivity contribution in [3.63, 3.8) is 0 Å². The number of carbonyl (C=O) groups excluding carboxylic acids is 1. The highest BCUT2D eigenvalue weighted by molar-refractivity contribution is 5.97. The Morgan fingerprint density at radius 2 is 1.89 bits per heavy atom. The van der Waals surface area contributed by atoms with E-state index in [0.717, 1.165) is 32.5 Å². The molecule has 0 bridgehead atoms. The van der Waals surface area contributed by atoms with Gasteiger partial charge in [0.15, 0.2) is 0 Å². The van der Waals surface area contributed by atoms with Gasteiger partial charge in [0, 0.05) is 6.42 Å². The Hall–Kier alpha value is -1.15. The zero-order chi connectivity index (χ0) is 13.6. The molecule has 1 heterocycles. The molecule has 1 saturated heterocycles. The average molecular weight is 257 g/mol. The average Bonchev–Trinajstić information content (AvgIpc) is 2.69. The van der Waals surface area contributed by atoms with Crippen LogP contribution in [-0.4, -0.2) is 30.3 Å². The summed E-state index contributed by atoms with van der Waals surface area (Å²) >= 11 is 0. The van der Waals surface area contributed by atoms with E-state index in [4.69, 9.17) is 0 Å². The fourth-order valence-corrected chi connectivity index (χ4v) is 3.83. The highest BCUT2D eigenvalue weighted by Crippen LogP contribution is 2.45. The van der Waals surface area contributed by atoms with Crippen LogP contribution in [0.1, 0.15) is 42.0 Å². The number of piperidine rings is 1. The second-order valence-corrected chi connectivity index (χ2v) is 6.15. The number of benzene rings is 1. The van der Waals surface area contributed by atoms with Crippen LogP contribution in [0.4, 0.5) is 0 Å². The van der Waals surface area contributed by atoms with E-state index in [-0.39, 0.29) is 5.41 Å². The highest BCUT2D eigenvalue weighted by Gasteiger charge is 2.47. The molecule has 0 amide bonds. The van der Waals surface area contributed by atoms with Gasteiger partial charge in [-0.05, 0) is 68.6 Å². The molecule has 2 heteroatoms. The summed E-state index contributed by atoms with van der Waals surface area (Å²) in [5, 5.41) is 0. The van der Waals surface area contributed by atoms with Crippen LogP contribution in [0.2, 0.25) is 0 Å². The van der Waals surface area contributed by atoms with Gasteiger partial charge in [0.1, 0.15) is 5.78 Å². The van der Waals surface area contributed by atoms with Crippen LogP contribution in [0.25, 0.3) is 0 Å². The molecule has 102 valence electrons. The monoisotopic (exact) mass is 257 g/mol. The Kier molecular flexibility index (Phi) is 3.01. The van der Waals surface area contributed by atoms with Crippen LogP contribution in [0.15, 0.2) is 12.1 Å². The van der Waals surface area contributed by atoms with E-state index < -0.39 is 0 Å². The van der Waals surface area contributed by atoms with Crippen molar-refractivity contribution >= 4 is 5.78 Å². The van der Waals surface area contributed by atoms with E-state index >= 15 is 0 Å². The Balaban J connectivity index is 2.02. The van der Waals surface area contributed by atoms with Crippen molar-refractivity contribution in [2.75, 3.05) is 19.6 Å². The lowest BCUT2D eigenvalue weighted by Crippen LogP contribution is -2.45. The maximum Gasteiger partial charge on any atom is 0.147 e. The summed E-state index contributed by atoms with van der Waals surface area (Å²) in [6, 6.07) is 4.42. The minimum absolute atomic E-state index is 0.153. The number of nitrogens with zero attached hydrogens (tertiary/aromatic N) is 1. The number of hydrogen-bond donors (Lipinski definition) is 0. The van der Waals surface area contributed by atoms with Crippen molar-refractivity contribution in [1.82, 2.24) is 4.90 Å². The third kappa shape index (κ3) is 1.77. The Labute approximate surface area is 115 Å². The lowest BCUT2D eigenvalue weighted by Gasteiger charge is -2.38. The van der Waals surface area contributed by atoms with Crippen molar-refractivity contribution in [2.45, 2.75) is 45.4 Å². The Bertz CT molecular complexity index is 524. The van der Waals surface area contributed by atoms with Crippen LogP contribution < -0.4 is 0 Å². The first kappa shape index (κ1) is 12.9. The van der Waals surface area contributed by atoms with Crippen molar-refractivity contribution in [3.8, 4) is 0 Å². The fraction of sp³-hybridized carbons (Fsp3) is 0.588. The van der Waals surface area contributed by atoms with E-state index in [0.29, 0.717) is 12.2 Å². The second kappa shape index (κ2) is 4.45. The van der Waals surface area contributed by atoms with Crippen molar-refractivity contribution < 1.29 is 4.79 Å². The SMILES string of the molecule is CCN1CCC2(CC1)C(=O)Cc1c2ccc(C)c1C. The lowest BCUT2D eigenvalue weighted by molar-refractivity contribution is -0.124. The third-order valence-electron chi connectivity index (χ3n) is 5.41. The molecule has 1 fully saturated rings. The first-order valence-corrected chi connectivity index (χ1v) is 7.43. The molecule has 1 aliphatic heterocycles. The number of carbonyl (C=O) groups is 1. The van der Waals surface area contributed by atoms with Gasteiger partial charge in [-0.1, -0.05) is 19.1 Å². The molecule has 0 radical (unpaired) electrons. The highest BCUT2D eigenvalue weighted by atomic mass is 16.1. The Morgan fingerprint density at radius 1 is 1.21 bits per heavy atom. The van der Waals surface area contributed by atoms with Gasteiger partial charge in [0.2, 0.25) is 0 Å². The molecular formula is C17H23NO. The molecule has 0 aromatic heterocycles. The molecule has 0 saturated carbocycles. The molecule has 2 nitrogen and oxygen atoms in total. The van der Waals surface area contributed by atoms with E-state index in [1.165, 1.54) is 22.3 Å². The minimum atomic E-state index is -0.153. The molecular weight excluding hydrogens is 234 g/mol. The van der Waals surface area contributed by atoms with Gasteiger partial charge < -0.3 is 4.90 Å². The molecule has 3 rings (SSSR count). The fourth-order valence-electron chi connectivity index (χ4n) is 3.83. The summed E-state index contributed by atoms with van der Waals surface area (Å²) in [4.78, 5) is 15.1. The normalized spacial score (nSPS) is 21.9. The van der Waals surface area contributed by atoms with Gasteiger partial charge >= 0.3 is 0 Å². The molecule has 1 aromatic rings. The van der Waals surface area contributed by atoms with Gasteiger partial charge in [-0.3, -0.25) is 4.79 Å². The van der Waals surface area contributed by atoms with Crippen molar-refractivity contribution in [3.05, 3.63) is 34.4 Å². The largest absolute Gasteiger partial charge is 0.304 e. The summed E-state index contributed by atoms with van der Waals surface area (Å²) in [5.41, 5.74) is 5.17. The molecule has 1 aliphatic carbocycles. The van der Waals surface area contributed by atoms with Gasteiger partial charge in [0.25, 0.3) is 0 Å². The molecule has 1 aromatic carbocycles. The number of ketones is 1. The van der Waals surface area contributed by atoms with E-state index in [2.05, 4.69) is 37.8 Å². The van der Waals surface area contributed by atoms with Gasteiger partial charge in [-0.2, -0.15) is 0 Å². The molecule has 2 aliphatic rings. The third-order valence-corrected chi connectivity index (χ3v) is 5.41. The maximum atomic E-state index is 12.6. The number of likely N-dealkylation sites (tertiary alicyclic amines) is 1. The first-order chi connectivity index (χ1) is 9.08. The van der Waals surface area contributed by atoms with Crippen LogP contribution in [0, 0.1) is 13.8 Å². The predicted molar refractivity (Wildman–Crippen MR) is 77.7 cm³/mol.